The van der Waals surface area contributed by atoms with Crippen LogP contribution in [0, 0.1) is 11.7 Å². The first-order valence-corrected chi connectivity index (χ1v) is 6.40. The van der Waals surface area contributed by atoms with E-state index in [1.165, 1.54) is 12.1 Å². The molecule has 96 valence electrons. The summed E-state index contributed by atoms with van der Waals surface area (Å²) in [5, 5.41) is 8.19. The predicted molar refractivity (Wildman–Crippen MR) is 69.4 cm³/mol. The minimum atomic E-state index is -0.280. The van der Waals surface area contributed by atoms with Gasteiger partial charge in [-0.05, 0) is 24.1 Å². The van der Waals surface area contributed by atoms with Crippen LogP contribution in [0.25, 0.3) is 5.69 Å². The predicted octanol–water partition coefficient (Wildman–Crippen LogP) is 3.34. The number of hydrogen-bond donors (Lipinski definition) is 0. The van der Waals surface area contributed by atoms with Gasteiger partial charge in [-0.2, -0.15) is 0 Å². The maximum atomic E-state index is 13.3. The maximum absolute atomic E-state index is 13.3. The highest BCUT2D eigenvalue weighted by Gasteiger charge is 2.14. The van der Waals surface area contributed by atoms with Gasteiger partial charge in [0, 0.05) is 6.42 Å². The summed E-state index contributed by atoms with van der Waals surface area (Å²) in [6.45, 7) is 4.20. The lowest BCUT2D eigenvalue weighted by Gasteiger charge is -2.10. The Morgan fingerprint density at radius 1 is 1.28 bits per heavy atom. The number of halogens is 2. The molecule has 0 bridgehead atoms. The van der Waals surface area contributed by atoms with E-state index in [0.29, 0.717) is 17.4 Å². The van der Waals surface area contributed by atoms with Crippen molar-refractivity contribution in [1.82, 2.24) is 14.8 Å². The topological polar surface area (TPSA) is 30.7 Å². The molecule has 1 aromatic carbocycles. The second-order valence-electron chi connectivity index (χ2n) is 4.58. The van der Waals surface area contributed by atoms with E-state index in [1.807, 2.05) is 10.6 Å². The van der Waals surface area contributed by atoms with E-state index in [4.69, 9.17) is 11.6 Å². The van der Waals surface area contributed by atoms with Crippen LogP contribution in [0.3, 0.4) is 0 Å². The molecule has 0 saturated carbocycles. The highest BCUT2D eigenvalue weighted by molar-refractivity contribution is 6.16. The Hall–Kier alpha value is -1.42. The van der Waals surface area contributed by atoms with Gasteiger partial charge >= 0.3 is 0 Å². The molecule has 0 spiro atoms. The molecule has 0 N–H and O–H groups in total. The SMILES string of the molecule is CC(C)Cc1nnc(CCl)n1-c1cccc(F)c1. The molecule has 0 saturated heterocycles. The molecule has 3 nitrogen and oxygen atoms in total. The Bertz CT molecular complexity index is 537. The third-order valence-corrected chi connectivity index (χ3v) is 2.81. The van der Waals surface area contributed by atoms with E-state index in [2.05, 4.69) is 24.0 Å². The van der Waals surface area contributed by atoms with Crippen LogP contribution in [-0.4, -0.2) is 14.8 Å². The quantitative estimate of drug-likeness (QED) is 0.796. The van der Waals surface area contributed by atoms with E-state index in [9.17, 15) is 4.39 Å². The van der Waals surface area contributed by atoms with Crippen molar-refractivity contribution in [2.75, 3.05) is 0 Å². The van der Waals surface area contributed by atoms with Crippen molar-refractivity contribution in [3.05, 3.63) is 41.7 Å². The molecule has 2 rings (SSSR count). The number of hydrogen-bond acceptors (Lipinski definition) is 2. The van der Waals surface area contributed by atoms with E-state index in [-0.39, 0.29) is 11.7 Å². The Labute approximate surface area is 111 Å². The molecule has 0 unspecified atom stereocenters. The summed E-state index contributed by atoms with van der Waals surface area (Å²) in [6.07, 6.45) is 0.778. The first-order valence-electron chi connectivity index (χ1n) is 5.87. The zero-order valence-electron chi connectivity index (χ0n) is 10.4. The summed E-state index contributed by atoms with van der Waals surface area (Å²) in [5.74, 6) is 1.87. The van der Waals surface area contributed by atoms with Crippen molar-refractivity contribution in [1.29, 1.82) is 0 Å². The highest BCUT2D eigenvalue weighted by atomic mass is 35.5. The molecule has 18 heavy (non-hydrogen) atoms. The molecule has 0 fully saturated rings. The van der Waals surface area contributed by atoms with Crippen LogP contribution in [-0.2, 0) is 12.3 Å². The molecule has 1 aromatic heterocycles. The Balaban J connectivity index is 2.50. The lowest BCUT2D eigenvalue weighted by Crippen LogP contribution is -2.07. The van der Waals surface area contributed by atoms with Gasteiger partial charge < -0.3 is 0 Å². The minimum absolute atomic E-state index is 0.252. The van der Waals surface area contributed by atoms with Crippen molar-refractivity contribution < 1.29 is 4.39 Å². The van der Waals surface area contributed by atoms with E-state index in [1.54, 1.807) is 6.07 Å². The minimum Gasteiger partial charge on any atom is -0.282 e. The van der Waals surface area contributed by atoms with Crippen molar-refractivity contribution in [2.45, 2.75) is 26.1 Å². The van der Waals surface area contributed by atoms with E-state index >= 15 is 0 Å². The van der Waals surface area contributed by atoms with Crippen LogP contribution in [0.5, 0.6) is 0 Å². The third kappa shape index (κ3) is 2.70. The molecule has 1 heterocycles. The molecule has 0 atom stereocenters. The van der Waals surface area contributed by atoms with Crippen LogP contribution in [0.15, 0.2) is 24.3 Å². The van der Waals surface area contributed by atoms with Gasteiger partial charge in [0.2, 0.25) is 0 Å². The summed E-state index contributed by atoms with van der Waals surface area (Å²) < 4.78 is 15.1. The number of benzene rings is 1. The van der Waals surface area contributed by atoms with Crippen LogP contribution in [0.2, 0.25) is 0 Å². The number of aromatic nitrogens is 3. The lowest BCUT2D eigenvalue weighted by atomic mass is 10.1. The number of alkyl halides is 1. The zero-order valence-corrected chi connectivity index (χ0v) is 11.2. The fraction of sp³-hybridized carbons (Fsp3) is 0.385. The monoisotopic (exact) mass is 267 g/mol. The van der Waals surface area contributed by atoms with Gasteiger partial charge in [0.05, 0.1) is 11.6 Å². The van der Waals surface area contributed by atoms with Crippen LogP contribution < -0.4 is 0 Å². The van der Waals surface area contributed by atoms with Gasteiger partial charge in [0.25, 0.3) is 0 Å². The largest absolute Gasteiger partial charge is 0.282 e. The van der Waals surface area contributed by atoms with Crippen LogP contribution >= 0.6 is 11.6 Å². The molecule has 0 aliphatic heterocycles. The Kier molecular flexibility index (Phi) is 3.97. The van der Waals surface area contributed by atoms with Crippen molar-refractivity contribution >= 4 is 11.6 Å². The van der Waals surface area contributed by atoms with Gasteiger partial charge in [-0.15, -0.1) is 21.8 Å². The van der Waals surface area contributed by atoms with Gasteiger partial charge in [-0.3, -0.25) is 4.57 Å². The van der Waals surface area contributed by atoms with Crippen LogP contribution in [0.4, 0.5) is 4.39 Å². The zero-order chi connectivity index (χ0) is 13.1. The van der Waals surface area contributed by atoms with E-state index in [0.717, 1.165) is 12.2 Å². The Morgan fingerprint density at radius 3 is 2.61 bits per heavy atom. The Morgan fingerprint density at radius 2 is 2.00 bits per heavy atom. The summed E-state index contributed by atoms with van der Waals surface area (Å²) in [4.78, 5) is 0. The number of rotatable bonds is 4. The average molecular weight is 268 g/mol. The fourth-order valence-electron chi connectivity index (χ4n) is 1.85. The van der Waals surface area contributed by atoms with Gasteiger partial charge in [0.1, 0.15) is 11.6 Å². The first kappa shape index (κ1) is 13.0. The smallest absolute Gasteiger partial charge is 0.152 e. The van der Waals surface area contributed by atoms with Crippen molar-refractivity contribution in [3.63, 3.8) is 0 Å². The normalized spacial score (nSPS) is 11.2. The molecule has 0 aliphatic rings. The summed E-state index contributed by atoms with van der Waals surface area (Å²) >= 11 is 5.85. The summed E-state index contributed by atoms with van der Waals surface area (Å²) in [7, 11) is 0. The molecule has 0 aliphatic carbocycles. The second kappa shape index (κ2) is 5.48. The molecule has 5 heteroatoms. The molecular formula is C13H15ClFN3. The van der Waals surface area contributed by atoms with Crippen molar-refractivity contribution in [3.8, 4) is 5.69 Å². The maximum Gasteiger partial charge on any atom is 0.152 e. The lowest BCUT2D eigenvalue weighted by molar-refractivity contribution is 0.607. The summed E-state index contributed by atoms with van der Waals surface area (Å²) in [6, 6.07) is 6.37. The summed E-state index contributed by atoms with van der Waals surface area (Å²) in [5.41, 5.74) is 0.714. The van der Waals surface area contributed by atoms with Gasteiger partial charge in [-0.25, -0.2) is 4.39 Å². The first-order chi connectivity index (χ1) is 8.61. The highest BCUT2D eigenvalue weighted by Crippen LogP contribution is 2.18. The van der Waals surface area contributed by atoms with Crippen LogP contribution in [0.1, 0.15) is 25.5 Å². The van der Waals surface area contributed by atoms with Gasteiger partial charge in [0.15, 0.2) is 5.82 Å². The van der Waals surface area contributed by atoms with E-state index < -0.39 is 0 Å². The van der Waals surface area contributed by atoms with Gasteiger partial charge in [-0.1, -0.05) is 19.9 Å². The third-order valence-electron chi connectivity index (χ3n) is 2.57. The molecule has 0 amide bonds. The fourth-order valence-corrected chi connectivity index (χ4v) is 2.02. The second-order valence-corrected chi connectivity index (χ2v) is 4.85. The average Bonchev–Trinajstić information content (AvgIpc) is 2.71. The molecule has 2 aromatic rings. The van der Waals surface area contributed by atoms with Crippen molar-refractivity contribution in [2.24, 2.45) is 5.92 Å². The number of nitrogens with zero attached hydrogens (tertiary/aromatic N) is 3. The molecular weight excluding hydrogens is 253 g/mol. The molecule has 0 radical (unpaired) electrons. The standard InChI is InChI=1S/C13H15ClFN3/c1-9(2)6-12-16-17-13(8-14)18(12)11-5-3-4-10(15)7-11/h3-5,7,9H,6,8H2,1-2H3.